The van der Waals surface area contributed by atoms with Gasteiger partial charge >= 0.3 is 12.3 Å². The third-order valence-corrected chi connectivity index (χ3v) is 3.33. The Morgan fingerprint density at radius 3 is 2.27 bits per heavy atom. The van der Waals surface area contributed by atoms with Crippen LogP contribution in [0.15, 0.2) is 12.1 Å². The van der Waals surface area contributed by atoms with Gasteiger partial charge in [0.15, 0.2) is 17.6 Å². The number of rotatable bonds is 7. The minimum Gasteiger partial charge on any atom is -0.504 e. The van der Waals surface area contributed by atoms with E-state index in [1.165, 1.54) is 6.92 Å². The second-order valence-corrected chi connectivity index (χ2v) is 6.87. The molecule has 0 bridgehead atoms. The molecule has 5 nitrogen and oxygen atoms in total. The van der Waals surface area contributed by atoms with Crippen molar-refractivity contribution in [3.05, 3.63) is 17.7 Å². The molecule has 0 radical (unpaired) electrons. The number of hydrogen-bond acceptors (Lipinski definition) is 5. The summed E-state index contributed by atoms with van der Waals surface area (Å²) in [5.41, 5.74) is -0.856. The minimum absolute atomic E-state index is 0.107. The van der Waals surface area contributed by atoms with Crippen molar-refractivity contribution >= 4 is 5.97 Å². The summed E-state index contributed by atoms with van der Waals surface area (Å²) >= 11 is 0. The van der Waals surface area contributed by atoms with Crippen LogP contribution in [0.2, 0.25) is 0 Å². The first-order valence-electron chi connectivity index (χ1n) is 8.32. The zero-order chi connectivity index (χ0) is 20.1. The summed E-state index contributed by atoms with van der Waals surface area (Å²) in [5, 5.41) is 10.1. The van der Waals surface area contributed by atoms with Gasteiger partial charge < -0.3 is 19.3 Å². The van der Waals surface area contributed by atoms with Crippen molar-refractivity contribution in [3.8, 4) is 17.2 Å². The number of phenolic OH excluding ortho intramolecular Hbond substituents is 1. The molecule has 1 unspecified atom stereocenters. The van der Waals surface area contributed by atoms with Crippen LogP contribution in [-0.2, 0) is 9.53 Å². The van der Waals surface area contributed by atoms with E-state index in [0.29, 0.717) is 12.8 Å². The summed E-state index contributed by atoms with van der Waals surface area (Å²) in [6.45, 7) is 8.35. The largest absolute Gasteiger partial charge is 0.573 e. The van der Waals surface area contributed by atoms with Gasteiger partial charge in [-0.25, -0.2) is 4.79 Å². The maximum atomic E-state index is 12.4. The van der Waals surface area contributed by atoms with Gasteiger partial charge in [0.05, 0.1) is 0 Å². The van der Waals surface area contributed by atoms with Crippen molar-refractivity contribution in [3.63, 3.8) is 0 Å². The first kappa shape index (κ1) is 21.9. The van der Waals surface area contributed by atoms with Crippen LogP contribution in [-0.4, -0.2) is 29.1 Å². The summed E-state index contributed by atoms with van der Waals surface area (Å²) in [4.78, 5) is 12.3. The number of carbonyl (C=O) groups is 1. The molecule has 0 fully saturated rings. The normalized spacial score (nSPS) is 13.2. The van der Waals surface area contributed by atoms with Gasteiger partial charge in [-0.05, 0) is 52.7 Å². The Labute approximate surface area is 151 Å². The number of hydrogen-bond donors (Lipinski definition) is 1. The molecule has 0 saturated heterocycles. The van der Waals surface area contributed by atoms with Crippen LogP contribution in [0.25, 0.3) is 0 Å². The number of phenols is 1. The van der Waals surface area contributed by atoms with Gasteiger partial charge in [-0.15, -0.1) is 13.2 Å². The highest BCUT2D eigenvalue weighted by atomic mass is 19.4. The van der Waals surface area contributed by atoms with E-state index in [9.17, 15) is 23.1 Å². The van der Waals surface area contributed by atoms with Gasteiger partial charge in [-0.3, -0.25) is 0 Å². The molecule has 8 heteroatoms. The van der Waals surface area contributed by atoms with E-state index in [-0.39, 0.29) is 11.3 Å². The highest BCUT2D eigenvalue weighted by molar-refractivity contribution is 5.75. The average Bonchev–Trinajstić information content (AvgIpc) is 2.47. The van der Waals surface area contributed by atoms with Gasteiger partial charge in [0.25, 0.3) is 0 Å². The van der Waals surface area contributed by atoms with E-state index in [0.717, 1.165) is 18.6 Å². The van der Waals surface area contributed by atoms with E-state index in [1.807, 2.05) is 6.92 Å². The summed E-state index contributed by atoms with van der Waals surface area (Å²) in [6, 6.07) is 2.16. The van der Waals surface area contributed by atoms with Gasteiger partial charge in [0, 0.05) is 5.56 Å². The fourth-order valence-corrected chi connectivity index (χ4v) is 2.12. The van der Waals surface area contributed by atoms with Crippen molar-refractivity contribution in [2.45, 2.75) is 71.9 Å². The van der Waals surface area contributed by atoms with Gasteiger partial charge in [0.1, 0.15) is 11.4 Å². The Morgan fingerprint density at radius 2 is 1.77 bits per heavy atom. The number of ether oxygens (including phenoxy) is 3. The standard InChI is InChI=1S/C18H25F3O5/c1-6-7-8-14(16(23)26-17(3,4)5)24-13-10-9-12(11(2)15(13)22)25-18(19,20)21/h9-10,14,22H,6-8H2,1-5H3. The number of esters is 1. The Morgan fingerprint density at radius 1 is 1.19 bits per heavy atom. The zero-order valence-electron chi connectivity index (χ0n) is 15.6. The average molecular weight is 378 g/mol. The Bertz CT molecular complexity index is 620. The Kier molecular flexibility index (Phi) is 7.17. The number of carbonyl (C=O) groups excluding carboxylic acids is 1. The summed E-state index contributed by atoms with van der Waals surface area (Å²) in [6.07, 6.45) is -4.01. The molecule has 148 valence electrons. The maximum absolute atomic E-state index is 12.4. The van der Waals surface area contributed by atoms with Crippen LogP contribution in [0, 0.1) is 6.92 Å². The van der Waals surface area contributed by atoms with Crippen LogP contribution in [0.1, 0.15) is 52.5 Å². The van der Waals surface area contributed by atoms with E-state index in [2.05, 4.69) is 4.74 Å². The van der Waals surface area contributed by atoms with Crippen molar-refractivity contribution in [2.75, 3.05) is 0 Å². The third-order valence-electron chi connectivity index (χ3n) is 3.33. The van der Waals surface area contributed by atoms with Crippen molar-refractivity contribution in [1.82, 2.24) is 0 Å². The summed E-state index contributed by atoms with van der Waals surface area (Å²) < 4.78 is 51.8. The second kappa shape index (κ2) is 8.51. The van der Waals surface area contributed by atoms with E-state index >= 15 is 0 Å². The van der Waals surface area contributed by atoms with Gasteiger partial charge in [0.2, 0.25) is 0 Å². The molecule has 1 rings (SSSR count). The van der Waals surface area contributed by atoms with Crippen LogP contribution in [0.4, 0.5) is 13.2 Å². The molecule has 1 N–H and O–H groups in total. The Hall–Kier alpha value is -2.12. The van der Waals surface area contributed by atoms with Crippen LogP contribution < -0.4 is 9.47 Å². The van der Waals surface area contributed by atoms with E-state index in [1.54, 1.807) is 20.8 Å². The SMILES string of the molecule is CCCCC(Oc1ccc(OC(F)(F)F)c(C)c1O)C(=O)OC(C)(C)C. The summed E-state index contributed by atoms with van der Waals surface area (Å²) in [7, 11) is 0. The molecule has 0 spiro atoms. The lowest BCUT2D eigenvalue weighted by atomic mass is 10.1. The lowest BCUT2D eigenvalue weighted by Gasteiger charge is -2.25. The molecule has 1 aromatic rings. The van der Waals surface area contributed by atoms with Crippen molar-refractivity contribution < 1.29 is 37.3 Å². The van der Waals surface area contributed by atoms with Crippen molar-refractivity contribution in [2.24, 2.45) is 0 Å². The van der Waals surface area contributed by atoms with Crippen molar-refractivity contribution in [1.29, 1.82) is 0 Å². The molecular weight excluding hydrogens is 353 g/mol. The van der Waals surface area contributed by atoms with Crippen LogP contribution >= 0.6 is 0 Å². The van der Waals surface area contributed by atoms with Crippen LogP contribution in [0.3, 0.4) is 0 Å². The molecule has 0 aliphatic heterocycles. The number of alkyl halides is 3. The smallest absolute Gasteiger partial charge is 0.504 e. The highest BCUT2D eigenvalue weighted by Crippen LogP contribution is 2.38. The second-order valence-electron chi connectivity index (χ2n) is 6.87. The Balaban J connectivity index is 3.03. The molecular formula is C18H25F3O5. The molecule has 0 aliphatic rings. The van der Waals surface area contributed by atoms with E-state index in [4.69, 9.17) is 9.47 Å². The minimum atomic E-state index is -4.88. The lowest BCUT2D eigenvalue weighted by Crippen LogP contribution is -2.35. The fraction of sp³-hybridized carbons (Fsp3) is 0.611. The molecule has 0 amide bonds. The molecule has 0 aromatic heterocycles. The molecule has 1 atom stereocenters. The van der Waals surface area contributed by atoms with Gasteiger partial charge in [-0.2, -0.15) is 0 Å². The summed E-state index contributed by atoms with van der Waals surface area (Å²) in [5.74, 6) is -1.76. The fourth-order valence-electron chi connectivity index (χ4n) is 2.12. The highest BCUT2D eigenvalue weighted by Gasteiger charge is 2.33. The number of halogens is 3. The lowest BCUT2D eigenvalue weighted by molar-refractivity contribution is -0.274. The quantitative estimate of drug-likeness (QED) is 0.685. The first-order chi connectivity index (χ1) is 11.8. The van der Waals surface area contributed by atoms with Gasteiger partial charge in [-0.1, -0.05) is 13.3 Å². The zero-order valence-corrected chi connectivity index (χ0v) is 15.6. The number of unbranched alkanes of at least 4 members (excludes halogenated alkanes) is 1. The number of benzene rings is 1. The first-order valence-corrected chi connectivity index (χ1v) is 8.32. The predicted molar refractivity (Wildman–Crippen MR) is 89.3 cm³/mol. The molecule has 0 heterocycles. The number of aromatic hydroxyl groups is 1. The molecule has 0 saturated carbocycles. The maximum Gasteiger partial charge on any atom is 0.573 e. The van der Waals surface area contributed by atoms with Crippen LogP contribution in [0.5, 0.6) is 17.2 Å². The predicted octanol–water partition coefficient (Wildman–Crippen LogP) is 4.88. The van der Waals surface area contributed by atoms with E-state index < -0.39 is 35.5 Å². The molecule has 26 heavy (non-hydrogen) atoms. The monoisotopic (exact) mass is 378 g/mol. The topological polar surface area (TPSA) is 65.0 Å². The molecule has 0 aliphatic carbocycles. The molecule has 1 aromatic carbocycles. The third kappa shape index (κ3) is 7.01.